The summed E-state index contributed by atoms with van der Waals surface area (Å²) in [6.45, 7) is -1.48. The van der Waals surface area contributed by atoms with Crippen molar-refractivity contribution in [1.82, 2.24) is 5.32 Å². The topological polar surface area (TPSA) is 137 Å². The molecule has 0 heterocycles. The molecule has 2 aromatic carbocycles. The van der Waals surface area contributed by atoms with Crippen LogP contribution in [0.1, 0.15) is 15.9 Å². The number of esters is 1. The lowest BCUT2D eigenvalue weighted by molar-refractivity contribution is -0.384. The number of ether oxygens (including phenoxy) is 2. The Morgan fingerprint density at radius 3 is 2.44 bits per heavy atom. The number of amides is 2. The molecular formula is C19H16F3N3O7. The summed E-state index contributed by atoms with van der Waals surface area (Å²) in [6, 6.07) is 7.77. The van der Waals surface area contributed by atoms with Crippen LogP contribution in [-0.4, -0.2) is 43.0 Å². The highest BCUT2D eigenvalue weighted by molar-refractivity contribution is 5.99. The second-order valence-electron chi connectivity index (χ2n) is 6.08. The first-order valence-electron chi connectivity index (χ1n) is 8.75. The fourth-order valence-corrected chi connectivity index (χ4v) is 2.43. The Morgan fingerprint density at radius 1 is 1.12 bits per heavy atom. The molecule has 0 aromatic heterocycles. The number of carbonyl (C=O) groups excluding carboxylic acids is 3. The molecule has 2 aromatic rings. The van der Waals surface area contributed by atoms with Crippen LogP contribution in [0.4, 0.5) is 24.5 Å². The van der Waals surface area contributed by atoms with Crippen LogP contribution in [0.15, 0.2) is 42.5 Å². The molecule has 0 aliphatic heterocycles. The van der Waals surface area contributed by atoms with Gasteiger partial charge in [-0.25, -0.2) is 0 Å². The third-order valence-corrected chi connectivity index (χ3v) is 3.90. The van der Waals surface area contributed by atoms with Crippen LogP contribution in [0.3, 0.4) is 0 Å². The van der Waals surface area contributed by atoms with E-state index in [1.807, 2.05) is 5.32 Å². The van der Waals surface area contributed by atoms with Crippen molar-refractivity contribution < 1.29 is 42.0 Å². The fraction of sp³-hybridized carbons (Fsp3) is 0.211. The second-order valence-corrected chi connectivity index (χ2v) is 6.08. The van der Waals surface area contributed by atoms with E-state index in [1.54, 1.807) is 12.1 Å². The van der Waals surface area contributed by atoms with Gasteiger partial charge in [0.05, 0.1) is 23.2 Å². The number of para-hydroxylation sites is 1. The van der Waals surface area contributed by atoms with E-state index in [0.717, 1.165) is 0 Å². The smallest absolute Gasteiger partial charge is 0.416 e. The molecule has 0 atom stereocenters. The molecule has 0 bridgehead atoms. The van der Waals surface area contributed by atoms with E-state index in [9.17, 15) is 37.7 Å². The molecule has 0 fully saturated rings. The number of rotatable bonds is 8. The van der Waals surface area contributed by atoms with E-state index in [2.05, 4.69) is 10.1 Å². The number of nitrogens with zero attached hydrogens (tertiary/aromatic N) is 1. The molecule has 0 aliphatic carbocycles. The van der Waals surface area contributed by atoms with Crippen LogP contribution in [0.2, 0.25) is 0 Å². The maximum absolute atomic E-state index is 12.7. The molecule has 13 heteroatoms. The summed E-state index contributed by atoms with van der Waals surface area (Å²) in [7, 11) is 1.36. The molecule has 0 saturated carbocycles. The Hall–Kier alpha value is -4.16. The van der Waals surface area contributed by atoms with Crippen LogP contribution in [0, 0.1) is 10.1 Å². The standard InChI is InChI=1S/C19H16F3N3O7/c1-31-15-5-3-2-4-12(15)18(28)23-9-17(27)32-10-16(26)24-13-7-6-11(19(20,21)22)8-14(13)25(29)30/h2-8H,9-10H2,1H3,(H,23,28)(H,24,26). The second kappa shape index (κ2) is 10.2. The Bertz CT molecular complexity index is 1040. The summed E-state index contributed by atoms with van der Waals surface area (Å²) < 4.78 is 47.8. The number of carbonyl (C=O) groups is 3. The molecule has 0 radical (unpaired) electrons. The minimum Gasteiger partial charge on any atom is -0.496 e. The highest BCUT2D eigenvalue weighted by Crippen LogP contribution is 2.34. The first kappa shape index (κ1) is 24.1. The van der Waals surface area contributed by atoms with Gasteiger partial charge in [0, 0.05) is 6.07 Å². The fourth-order valence-electron chi connectivity index (χ4n) is 2.43. The molecule has 0 aliphatic rings. The minimum atomic E-state index is -4.81. The van der Waals surface area contributed by atoms with Crippen LogP contribution >= 0.6 is 0 Å². The van der Waals surface area contributed by atoms with Crippen molar-refractivity contribution in [2.24, 2.45) is 0 Å². The zero-order valence-corrected chi connectivity index (χ0v) is 16.4. The minimum absolute atomic E-state index is 0.162. The quantitative estimate of drug-likeness (QED) is 0.355. The Balaban J connectivity index is 1.91. The van der Waals surface area contributed by atoms with Gasteiger partial charge in [-0.3, -0.25) is 24.5 Å². The molecule has 10 nitrogen and oxygen atoms in total. The zero-order chi connectivity index (χ0) is 23.9. The van der Waals surface area contributed by atoms with Gasteiger partial charge in [0.1, 0.15) is 18.0 Å². The van der Waals surface area contributed by atoms with Gasteiger partial charge in [-0.2, -0.15) is 13.2 Å². The molecule has 32 heavy (non-hydrogen) atoms. The number of halogens is 3. The van der Waals surface area contributed by atoms with E-state index in [-0.39, 0.29) is 17.4 Å². The molecule has 0 unspecified atom stereocenters. The highest BCUT2D eigenvalue weighted by atomic mass is 19.4. The van der Waals surface area contributed by atoms with Crippen molar-refractivity contribution in [2.75, 3.05) is 25.6 Å². The van der Waals surface area contributed by atoms with E-state index < -0.39 is 59.0 Å². The average Bonchev–Trinajstić information content (AvgIpc) is 2.75. The summed E-state index contributed by atoms with van der Waals surface area (Å²) in [5.74, 6) is -2.39. The summed E-state index contributed by atoms with van der Waals surface area (Å²) in [4.78, 5) is 45.6. The first-order valence-corrected chi connectivity index (χ1v) is 8.75. The van der Waals surface area contributed by atoms with Crippen molar-refractivity contribution in [3.05, 3.63) is 63.7 Å². The number of nitro groups is 1. The lowest BCUT2D eigenvalue weighted by atomic mass is 10.1. The lowest BCUT2D eigenvalue weighted by Crippen LogP contribution is -2.32. The molecule has 0 saturated heterocycles. The normalized spacial score (nSPS) is 10.8. The van der Waals surface area contributed by atoms with E-state index in [1.165, 1.54) is 19.2 Å². The highest BCUT2D eigenvalue weighted by Gasteiger charge is 2.33. The van der Waals surface area contributed by atoms with Crippen LogP contribution < -0.4 is 15.4 Å². The number of hydrogen-bond donors (Lipinski definition) is 2. The first-order chi connectivity index (χ1) is 15.0. The molecule has 2 amide bonds. The zero-order valence-electron chi connectivity index (χ0n) is 16.4. The van der Waals surface area contributed by atoms with Gasteiger partial charge in [0.25, 0.3) is 17.5 Å². The third kappa shape index (κ3) is 6.42. The van der Waals surface area contributed by atoms with Crippen molar-refractivity contribution in [1.29, 1.82) is 0 Å². The van der Waals surface area contributed by atoms with Gasteiger partial charge in [-0.05, 0) is 24.3 Å². The van der Waals surface area contributed by atoms with E-state index >= 15 is 0 Å². The average molecular weight is 455 g/mol. The summed E-state index contributed by atoms with van der Waals surface area (Å²) in [5.41, 5.74) is -2.59. The molecule has 2 rings (SSSR count). The summed E-state index contributed by atoms with van der Waals surface area (Å²) in [5, 5.41) is 15.3. The van der Waals surface area contributed by atoms with Gasteiger partial charge in [-0.1, -0.05) is 12.1 Å². The van der Waals surface area contributed by atoms with E-state index in [0.29, 0.717) is 12.1 Å². The van der Waals surface area contributed by atoms with Crippen molar-refractivity contribution >= 4 is 29.2 Å². The number of alkyl halides is 3. The van der Waals surface area contributed by atoms with Crippen LogP contribution in [-0.2, 0) is 20.5 Å². The number of nitrogens with one attached hydrogen (secondary N) is 2. The van der Waals surface area contributed by atoms with Gasteiger partial charge >= 0.3 is 12.1 Å². The largest absolute Gasteiger partial charge is 0.496 e. The number of nitro benzene ring substituents is 1. The van der Waals surface area contributed by atoms with Gasteiger partial charge < -0.3 is 20.1 Å². The van der Waals surface area contributed by atoms with Crippen molar-refractivity contribution in [2.45, 2.75) is 6.18 Å². The Kier molecular flexibility index (Phi) is 7.71. The Labute approximate surface area is 178 Å². The lowest BCUT2D eigenvalue weighted by Gasteiger charge is -2.11. The predicted octanol–water partition coefficient (Wildman–Crippen LogP) is 2.53. The SMILES string of the molecule is COc1ccccc1C(=O)NCC(=O)OCC(=O)Nc1ccc(C(F)(F)F)cc1[N+](=O)[O-]. The summed E-state index contributed by atoms with van der Waals surface area (Å²) in [6.07, 6.45) is -4.81. The van der Waals surface area contributed by atoms with E-state index in [4.69, 9.17) is 4.74 Å². The number of hydrogen-bond acceptors (Lipinski definition) is 7. The van der Waals surface area contributed by atoms with Crippen LogP contribution in [0.25, 0.3) is 0 Å². The molecule has 0 spiro atoms. The van der Waals surface area contributed by atoms with Gasteiger partial charge in [0.15, 0.2) is 6.61 Å². The third-order valence-electron chi connectivity index (χ3n) is 3.90. The van der Waals surface area contributed by atoms with Crippen molar-refractivity contribution in [3.8, 4) is 5.75 Å². The number of methoxy groups -OCH3 is 1. The van der Waals surface area contributed by atoms with Gasteiger partial charge in [-0.15, -0.1) is 0 Å². The molecule has 170 valence electrons. The Morgan fingerprint density at radius 2 is 1.81 bits per heavy atom. The monoisotopic (exact) mass is 455 g/mol. The maximum Gasteiger partial charge on any atom is 0.416 e. The number of anilines is 1. The predicted molar refractivity (Wildman–Crippen MR) is 103 cm³/mol. The van der Waals surface area contributed by atoms with Crippen LogP contribution in [0.5, 0.6) is 5.75 Å². The molecular weight excluding hydrogens is 439 g/mol. The summed E-state index contributed by atoms with van der Waals surface area (Å²) >= 11 is 0. The maximum atomic E-state index is 12.7. The van der Waals surface area contributed by atoms with Gasteiger partial charge in [0.2, 0.25) is 0 Å². The van der Waals surface area contributed by atoms with Crippen molar-refractivity contribution in [3.63, 3.8) is 0 Å². The number of benzene rings is 2. The molecule has 2 N–H and O–H groups in total.